The lowest BCUT2D eigenvalue weighted by Gasteiger charge is -2.25. The fraction of sp³-hybridized carbons (Fsp3) is 0.368. The number of nitriles is 2. The van der Waals surface area contributed by atoms with E-state index in [-0.39, 0.29) is 22.8 Å². The summed E-state index contributed by atoms with van der Waals surface area (Å²) in [5.74, 6) is -16.1. The third-order valence-electron chi connectivity index (χ3n) is 5.51. The van der Waals surface area contributed by atoms with Gasteiger partial charge < -0.3 is 9.13 Å². The van der Waals surface area contributed by atoms with Gasteiger partial charge in [0, 0.05) is 47.8 Å². The number of hydrogen-bond acceptors (Lipinski definition) is 2. The molecule has 0 aliphatic heterocycles. The van der Waals surface area contributed by atoms with Gasteiger partial charge in [-0.05, 0) is 26.0 Å². The van der Waals surface area contributed by atoms with E-state index in [1.165, 1.54) is 27.9 Å². The maximum Gasteiger partial charge on any atom is 0.380 e. The van der Waals surface area contributed by atoms with Crippen LogP contribution >= 0.6 is 0 Å². The van der Waals surface area contributed by atoms with Gasteiger partial charge in [0.1, 0.15) is 23.5 Å². The summed E-state index contributed by atoms with van der Waals surface area (Å²) in [6.07, 6.45) is 0. The molecule has 152 valence electrons. The standard InChI is InChI=1S/C19H14F6N4/c1-9-13(5-11(7-26)28(9)3)15-16(14-6-12(8-27)29(4)10(14)2)18(22,23)19(24,25)17(15,20)21/h5-6H,1-4H3. The highest BCUT2D eigenvalue weighted by molar-refractivity contribution is 6.02. The van der Waals surface area contributed by atoms with E-state index in [0.29, 0.717) is 0 Å². The van der Waals surface area contributed by atoms with Crippen LogP contribution in [0.5, 0.6) is 0 Å². The molecule has 10 heteroatoms. The van der Waals surface area contributed by atoms with Crippen molar-refractivity contribution in [1.82, 2.24) is 9.13 Å². The minimum absolute atomic E-state index is 0.0451. The quantitative estimate of drug-likeness (QED) is 0.680. The van der Waals surface area contributed by atoms with Crippen LogP contribution in [0.3, 0.4) is 0 Å². The van der Waals surface area contributed by atoms with E-state index in [2.05, 4.69) is 0 Å². The molecule has 3 rings (SSSR count). The van der Waals surface area contributed by atoms with E-state index < -0.39 is 40.0 Å². The zero-order valence-electron chi connectivity index (χ0n) is 15.7. The highest BCUT2D eigenvalue weighted by Gasteiger charge is 2.80. The second kappa shape index (κ2) is 5.93. The number of nitrogens with zero attached hydrogens (tertiary/aromatic N) is 4. The Bertz CT molecular complexity index is 1060. The van der Waals surface area contributed by atoms with E-state index in [0.717, 1.165) is 21.3 Å². The Hall–Kier alpha value is -3.14. The van der Waals surface area contributed by atoms with Crippen LogP contribution in [0, 0.1) is 36.5 Å². The van der Waals surface area contributed by atoms with Crippen LogP contribution in [0.1, 0.15) is 33.9 Å². The molecule has 1 aliphatic rings. The molecule has 0 saturated heterocycles. The number of halogens is 6. The van der Waals surface area contributed by atoms with Crippen molar-refractivity contribution in [2.24, 2.45) is 14.1 Å². The molecule has 2 heterocycles. The van der Waals surface area contributed by atoms with Crippen LogP contribution in [-0.2, 0) is 14.1 Å². The van der Waals surface area contributed by atoms with E-state index in [1.54, 1.807) is 12.1 Å². The van der Waals surface area contributed by atoms with Gasteiger partial charge >= 0.3 is 17.8 Å². The Labute approximate surface area is 161 Å². The summed E-state index contributed by atoms with van der Waals surface area (Å²) in [5.41, 5.74) is -4.61. The molecule has 0 N–H and O–H groups in total. The lowest BCUT2D eigenvalue weighted by molar-refractivity contribution is -0.254. The zero-order chi connectivity index (χ0) is 22.1. The monoisotopic (exact) mass is 412 g/mol. The molecule has 2 aromatic heterocycles. The average molecular weight is 412 g/mol. The van der Waals surface area contributed by atoms with E-state index in [9.17, 15) is 26.3 Å². The Balaban J connectivity index is 2.53. The molecule has 29 heavy (non-hydrogen) atoms. The second-order valence-electron chi connectivity index (χ2n) is 6.87. The van der Waals surface area contributed by atoms with Crippen LogP contribution in [0.15, 0.2) is 12.1 Å². The smallest absolute Gasteiger partial charge is 0.339 e. The van der Waals surface area contributed by atoms with Crippen molar-refractivity contribution in [3.8, 4) is 12.1 Å². The van der Waals surface area contributed by atoms with Crippen LogP contribution in [0.4, 0.5) is 26.3 Å². The summed E-state index contributed by atoms with van der Waals surface area (Å²) < 4.78 is 90.2. The van der Waals surface area contributed by atoms with Gasteiger partial charge in [0.25, 0.3) is 0 Å². The minimum atomic E-state index is -5.70. The van der Waals surface area contributed by atoms with Gasteiger partial charge in [0.15, 0.2) is 0 Å². The van der Waals surface area contributed by atoms with Gasteiger partial charge in [-0.3, -0.25) is 0 Å². The first-order valence-corrected chi connectivity index (χ1v) is 8.27. The molecule has 4 nitrogen and oxygen atoms in total. The molecule has 0 unspecified atom stereocenters. The Kier molecular flexibility index (Phi) is 4.21. The van der Waals surface area contributed by atoms with Gasteiger partial charge in [0.05, 0.1) is 0 Å². The SMILES string of the molecule is Cc1c(C2=C(c3cc(C#N)n(C)c3C)C(F)(F)C(F)(F)C2(F)F)cc(C#N)n1C. The summed E-state index contributed by atoms with van der Waals surface area (Å²) in [5, 5.41) is 18.2. The topological polar surface area (TPSA) is 57.4 Å². The summed E-state index contributed by atoms with van der Waals surface area (Å²) in [4.78, 5) is 0. The third-order valence-corrected chi connectivity index (χ3v) is 5.51. The van der Waals surface area contributed by atoms with Gasteiger partial charge in [-0.1, -0.05) is 0 Å². The molecule has 1 aliphatic carbocycles. The fourth-order valence-electron chi connectivity index (χ4n) is 3.55. The predicted molar refractivity (Wildman–Crippen MR) is 91.4 cm³/mol. The second-order valence-corrected chi connectivity index (χ2v) is 6.87. The summed E-state index contributed by atoms with van der Waals surface area (Å²) >= 11 is 0. The van der Waals surface area contributed by atoms with Crippen molar-refractivity contribution in [2.45, 2.75) is 31.6 Å². The van der Waals surface area contributed by atoms with Crippen LogP contribution in [0.2, 0.25) is 0 Å². The zero-order valence-corrected chi connectivity index (χ0v) is 15.7. The van der Waals surface area contributed by atoms with E-state index in [1.807, 2.05) is 0 Å². The Morgan fingerprint density at radius 2 is 1.03 bits per heavy atom. The van der Waals surface area contributed by atoms with Gasteiger partial charge in [-0.25, -0.2) is 0 Å². The molecular formula is C19H14F6N4. The average Bonchev–Trinajstić information content (AvgIpc) is 3.12. The van der Waals surface area contributed by atoms with E-state index in [4.69, 9.17) is 10.5 Å². The molecule has 0 spiro atoms. The first-order valence-electron chi connectivity index (χ1n) is 8.27. The number of allylic oxidation sites excluding steroid dienone is 2. The predicted octanol–water partition coefficient (Wildman–Crippen LogP) is 4.55. The van der Waals surface area contributed by atoms with Crippen molar-refractivity contribution < 1.29 is 26.3 Å². The summed E-state index contributed by atoms with van der Waals surface area (Å²) in [6.45, 7) is 2.54. The summed E-state index contributed by atoms with van der Waals surface area (Å²) in [7, 11) is 2.67. The Morgan fingerprint density at radius 3 is 1.28 bits per heavy atom. The molecule has 0 amide bonds. The van der Waals surface area contributed by atoms with Gasteiger partial charge in [0.2, 0.25) is 0 Å². The molecule has 2 aromatic rings. The maximum absolute atomic E-state index is 14.8. The Morgan fingerprint density at radius 1 is 0.724 bits per heavy atom. The normalized spacial score (nSPS) is 19.3. The van der Waals surface area contributed by atoms with E-state index >= 15 is 0 Å². The molecule has 0 aromatic carbocycles. The van der Waals surface area contributed by atoms with Crippen molar-refractivity contribution in [3.05, 3.63) is 46.0 Å². The fourth-order valence-corrected chi connectivity index (χ4v) is 3.55. The van der Waals surface area contributed by atoms with Crippen LogP contribution in [-0.4, -0.2) is 26.9 Å². The maximum atomic E-state index is 14.8. The molecular weight excluding hydrogens is 398 g/mol. The number of hydrogen-bond donors (Lipinski definition) is 0. The highest BCUT2D eigenvalue weighted by Crippen LogP contribution is 2.65. The third kappa shape index (κ3) is 2.32. The van der Waals surface area contributed by atoms with Crippen LogP contribution in [0.25, 0.3) is 11.1 Å². The number of alkyl halides is 6. The van der Waals surface area contributed by atoms with Gasteiger partial charge in [-0.2, -0.15) is 36.9 Å². The number of rotatable bonds is 2. The first-order chi connectivity index (χ1) is 13.3. The summed E-state index contributed by atoms with van der Waals surface area (Å²) in [6, 6.07) is 5.20. The first kappa shape index (κ1) is 20.6. The molecule has 0 atom stereocenters. The van der Waals surface area contributed by atoms with Crippen LogP contribution < -0.4 is 0 Å². The minimum Gasteiger partial charge on any atom is -0.339 e. The lowest BCUT2D eigenvalue weighted by Crippen LogP contribution is -2.49. The van der Waals surface area contributed by atoms with Crippen molar-refractivity contribution in [3.63, 3.8) is 0 Å². The molecule has 0 radical (unpaired) electrons. The van der Waals surface area contributed by atoms with Crippen molar-refractivity contribution >= 4 is 11.1 Å². The lowest BCUT2D eigenvalue weighted by atomic mass is 9.95. The largest absolute Gasteiger partial charge is 0.380 e. The number of aromatic nitrogens is 2. The molecule has 0 bridgehead atoms. The van der Waals surface area contributed by atoms with Crippen molar-refractivity contribution in [1.29, 1.82) is 10.5 Å². The van der Waals surface area contributed by atoms with Gasteiger partial charge in [-0.15, -0.1) is 0 Å². The van der Waals surface area contributed by atoms with Crippen molar-refractivity contribution in [2.75, 3.05) is 0 Å². The molecule has 0 saturated carbocycles. The highest BCUT2D eigenvalue weighted by atomic mass is 19.3. The molecule has 0 fully saturated rings.